The summed E-state index contributed by atoms with van der Waals surface area (Å²) in [5.74, 6) is -1.93. The molecule has 3 N–H and O–H groups in total. The summed E-state index contributed by atoms with van der Waals surface area (Å²) in [6, 6.07) is 14.8. The van der Waals surface area contributed by atoms with Gasteiger partial charge in [-0.1, -0.05) is 60.7 Å². The molecule has 2 aromatic carbocycles. The van der Waals surface area contributed by atoms with Gasteiger partial charge in [-0.25, -0.2) is 9.59 Å². The molecule has 8 nitrogen and oxygen atoms in total. The fourth-order valence-corrected chi connectivity index (χ4v) is 5.51. The van der Waals surface area contributed by atoms with Crippen molar-refractivity contribution >= 4 is 18.0 Å². The molecule has 0 radical (unpaired) electrons. The van der Waals surface area contributed by atoms with E-state index in [9.17, 15) is 24.6 Å². The molecular weight excluding hydrogens is 448 g/mol. The number of aliphatic hydroxyl groups excluding tert-OH is 1. The number of aliphatic hydroxyl groups is 1. The molecule has 1 fully saturated rings. The number of carbonyl (C=O) groups excluding carboxylic acids is 2. The lowest BCUT2D eigenvalue weighted by Crippen LogP contribution is -2.46. The van der Waals surface area contributed by atoms with Gasteiger partial charge in [-0.3, -0.25) is 4.79 Å². The van der Waals surface area contributed by atoms with E-state index in [-0.39, 0.29) is 31.4 Å². The molecule has 4 atom stereocenters. The highest BCUT2D eigenvalue weighted by Gasteiger charge is 2.41. The largest absolute Gasteiger partial charge is 0.480 e. The van der Waals surface area contributed by atoms with Crippen molar-refractivity contribution < 1.29 is 29.3 Å². The van der Waals surface area contributed by atoms with Crippen LogP contribution in [0.3, 0.4) is 0 Å². The number of ether oxygens (including phenoxy) is 1. The van der Waals surface area contributed by atoms with Crippen LogP contribution in [0.15, 0.2) is 60.7 Å². The van der Waals surface area contributed by atoms with Gasteiger partial charge in [0.05, 0.1) is 12.1 Å². The first-order valence-corrected chi connectivity index (χ1v) is 11.9. The quantitative estimate of drug-likeness (QED) is 0.572. The Morgan fingerprint density at radius 1 is 1.00 bits per heavy atom. The van der Waals surface area contributed by atoms with Crippen LogP contribution in [0.25, 0.3) is 11.1 Å². The third-order valence-corrected chi connectivity index (χ3v) is 7.17. The number of carboxylic acids is 1. The summed E-state index contributed by atoms with van der Waals surface area (Å²) >= 11 is 0. The van der Waals surface area contributed by atoms with E-state index in [1.165, 1.54) is 4.90 Å². The van der Waals surface area contributed by atoms with Crippen molar-refractivity contribution in [2.75, 3.05) is 13.2 Å². The third-order valence-electron chi connectivity index (χ3n) is 7.17. The minimum Gasteiger partial charge on any atom is -0.480 e. The highest BCUT2D eigenvalue weighted by atomic mass is 16.5. The summed E-state index contributed by atoms with van der Waals surface area (Å²) in [5.41, 5.74) is 4.57. The number of carbonyl (C=O) groups is 3. The van der Waals surface area contributed by atoms with Crippen molar-refractivity contribution in [3.8, 4) is 11.1 Å². The van der Waals surface area contributed by atoms with E-state index < -0.39 is 36.2 Å². The van der Waals surface area contributed by atoms with Crippen LogP contribution in [0.1, 0.15) is 36.3 Å². The first kappa shape index (κ1) is 23.1. The van der Waals surface area contributed by atoms with E-state index in [4.69, 9.17) is 4.74 Å². The molecular formula is C27H28N2O6. The van der Waals surface area contributed by atoms with Gasteiger partial charge in [-0.15, -0.1) is 0 Å². The summed E-state index contributed by atoms with van der Waals surface area (Å²) in [7, 11) is 0. The molecule has 1 heterocycles. The monoisotopic (exact) mass is 476 g/mol. The van der Waals surface area contributed by atoms with E-state index in [2.05, 4.69) is 29.6 Å². The van der Waals surface area contributed by atoms with Crippen LogP contribution < -0.4 is 5.32 Å². The van der Waals surface area contributed by atoms with Crippen molar-refractivity contribution in [1.29, 1.82) is 0 Å². The lowest BCUT2D eigenvalue weighted by Gasteiger charge is -2.30. The highest BCUT2D eigenvalue weighted by molar-refractivity contribution is 5.86. The Morgan fingerprint density at radius 3 is 2.31 bits per heavy atom. The molecule has 5 rings (SSSR count). The number of nitrogens with zero attached hydrogens (tertiary/aromatic N) is 1. The molecule has 182 valence electrons. The smallest absolute Gasteiger partial charge is 0.407 e. The predicted molar refractivity (Wildman–Crippen MR) is 128 cm³/mol. The number of carboxylic acid groups (broad SMARTS) is 1. The number of nitrogens with one attached hydrogen (secondary N) is 1. The molecule has 35 heavy (non-hydrogen) atoms. The van der Waals surface area contributed by atoms with Gasteiger partial charge in [0.2, 0.25) is 5.91 Å². The Balaban J connectivity index is 1.19. The molecule has 0 spiro atoms. The summed E-state index contributed by atoms with van der Waals surface area (Å²) in [6.45, 7) is 0.213. The fraction of sp³-hybridized carbons (Fsp3) is 0.370. The zero-order valence-corrected chi connectivity index (χ0v) is 19.2. The van der Waals surface area contributed by atoms with Crippen LogP contribution in [0, 0.1) is 5.92 Å². The van der Waals surface area contributed by atoms with Gasteiger partial charge in [0.25, 0.3) is 0 Å². The fourth-order valence-electron chi connectivity index (χ4n) is 5.51. The highest BCUT2D eigenvalue weighted by Crippen LogP contribution is 2.44. The number of rotatable bonds is 5. The number of hydrogen-bond donors (Lipinski definition) is 3. The molecule has 2 aromatic rings. The Labute approximate surface area is 203 Å². The maximum atomic E-state index is 13.0. The second-order valence-corrected chi connectivity index (χ2v) is 9.41. The number of allylic oxidation sites excluding steroid dienone is 1. The SMILES string of the molecule is O=C(NC1C=CCC(C(=O)N2C[C@H](O)C[C@@H]2C(=O)O)C1)OCC1c2ccccc2-c2ccccc21. The second-order valence-electron chi connectivity index (χ2n) is 9.41. The Morgan fingerprint density at radius 2 is 1.66 bits per heavy atom. The Bertz CT molecular complexity index is 1130. The summed E-state index contributed by atoms with van der Waals surface area (Å²) in [4.78, 5) is 38.4. The third kappa shape index (κ3) is 4.53. The van der Waals surface area contributed by atoms with Crippen LogP contribution in [-0.4, -0.2) is 64.4 Å². The number of fused-ring (bicyclic) bond motifs is 3. The number of likely N-dealkylation sites (tertiary alicyclic amines) is 1. The van der Waals surface area contributed by atoms with Crippen molar-refractivity contribution in [3.63, 3.8) is 0 Å². The van der Waals surface area contributed by atoms with Gasteiger partial charge in [0.1, 0.15) is 12.6 Å². The number of alkyl carbamates (subject to hydrolysis) is 1. The Kier molecular flexibility index (Phi) is 6.30. The zero-order chi connectivity index (χ0) is 24.5. The second kappa shape index (κ2) is 9.54. The molecule has 3 aliphatic rings. The molecule has 2 aliphatic carbocycles. The summed E-state index contributed by atoms with van der Waals surface area (Å²) in [5, 5.41) is 22.1. The van der Waals surface area contributed by atoms with E-state index >= 15 is 0 Å². The van der Waals surface area contributed by atoms with Crippen LogP contribution in [-0.2, 0) is 14.3 Å². The molecule has 0 bridgehead atoms. The molecule has 0 saturated carbocycles. The summed E-state index contributed by atoms with van der Waals surface area (Å²) < 4.78 is 5.61. The van der Waals surface area contributed by atoms with E-state index in [0.717, 1.165) is 22.3 Å². The predicted octanol–water partition coefficient (Wildman–Crippen LogP) is 2.91. The standard InChI is InChI=1S/C27H28N2O6/c30-18-13-24(26(32)33)29(14-18)25(31)16-6-5-7-17(12-16)28-27(34)35-15-23-21-10-3-1-8-19(21)20-9-2-4-11-22(20)23/h1-5,7-11,16-18,23-24,30H,6,12-15H2,(H,28,34)(H,32,33)/t16?,17?,18-,24-/m1/s1. The van der Waals surface area contributed by atoms with E-state index in [1.807, 2.05) is 36.4 Å². The maximum Gasteiger partial charge on any atom is 0.407 e. The van der Waals surface area contributed by atoms with Crippen LogP contribution in [0.2, 0.25) is 0 Å². The van der Waals surface area contributed by atoms with Crippen molar-refractivity contribution in [1.82, 2.24) is 10.2 Å². The van der Waals surface area contributed by atoms with Crippen molar-refractivity contribution in [3.05, 3.63) is 71.8 Å². The molecule has 1 aliphatic heterocycles. The van der Waals surface area contributed by atoms with Crippen LogP contribution >= 0.6 is 0 Å². The lowest BCUT2D eigenvalue weighted by atomic mass is 9.89. The van der Waals surface area contributed by atoms with Gasteiger partial charge in [-0.2, -0.15) is 0 Å². The van der Waals surface area contributed by atoms with Gasteiger partial charge in [-0.05, 0) is 35.1 Å². The lowest BCUT2D eigenvalue weighted by molar-refractivity contribution is -0.150. The van der Waals surface area contributed by atoms with Crippen molar-refractivity contribution in [2.45, 2.75) is 43.4 Å². The normalized spacial score (nSPS) is 25.1. The van der Waals surface area contributed by atoms with Crippen LogP contribution in [0.4, 0.5) is 4.79 Å². The Hall–Kier alpha value is -3.65. The molecule has 2 amide bonds. The van der Waals surface area contributed by atoms with Gasteiger partial charge in [0, 0.05) is 24.8 Å². The van der Waals surface area contributed by atoms with Gasteiger partial charge < -0.3 is 25.2 Å². The van der Waals surface area contributed by atoms with Crippen LogP contribution in [0.5, 0.6) is 0 Å². The zero-order valence-electron chi connectivity index (χ0n) is 19.2. The van der Waals surface area contributed by atoms with E-state index in [0.29, 0.717) is 12.8 Å². The first-order valence-electron chi connectivity index (χ1n) is 11.9. The van der Waals surface area contributed by atoms with E-state index in [1.54, 1.807) is 0 Å². The topological polar surface area (TPSA) is 116 Å². The minimum atomic E-state index is -1.12. The number of aliphatic carboxylic acids is 1. The average molecular weight is 477 g/mol. The van der Waals surface area contributed by atoms with Gasteiger partial charge >= 0.3 is 12.1 Å². The van der Waals surface area contributed by atoms with Crippen molar-refractivity contribution in [2.24, 2.45) is 5.92 Å². The molecule has 0 aromatic heterocycles. The van der Waals surface area contributed by atoms with Gasteiger partial charge in [0.15, 0.2) is 0 Å². The maximum absolute atomic E-state index is 13.0. The minimum absolute atomic E-state index is 0.0144. The molecule has 2 unspecified atom stereocenters. The number of hydrogen-bond acceptors (Lipinski definition) is 5. The summed E-state index contributed by atoms with van der Waals surface area (Å²) in [6.07, 6.45) is 3.09. The molecule has 8 heteroatoms. The number of benzene rings is 2. The average Bonchev–Trinajstić information content (AvgIpc) is 3.41. The molecule has 1 saturated heterocycles. The number of amides is 2. The first-order chi connectivity index (χ1) is 16.9. The number of β-amino-alcohol motifs (C(OH)–C–C–N with tert-alkyl or cyclic N) is 1.